The topological polar surface area (TPSA) is 58.9 Å². The van der Waals surface area contributed by atoms with Crippen LogP contribution in [0.25, 0.3) is 0 Å². The number of halogens is 1. The Morgan fingerprint density at radius 2 is 2.13 bits per heavy atom. The fraction of sp³-hybridized carbons (Fsp3) is 1.00. The van der Waals surface area contributed by atoms with Gasteiger partial charge in [0.15, 0.2) is 0 Å². The summed E-state index contributed by atoms with van der Waals surface area (Å²) >= 11 is 1.27. The molecule has 0 spiro atoms. The van der Waals surface area contributed by atoms with Gasteiger partial charge in [-0.3, -0.25) is 0 Å². The van der Waals surface area contributed by atoms with E-state index in [1.54, 1.807) is 0 Å². The molecule has 5 atom stereocenters. The van der Waals surface area contributed by atoms with Gasteiger partial charge in [-0.05, 0) is 0 Å². The Hall–Kier alpha value is 1.99. The first-order valence-corrected chi connectivity index (χ1v) is 10.4. The summed E-state index contributed by atoms with van der Waals surface area (Å²) in [6.07, 6.45) is -3.40. The van der Waals surface area contributed by atoms with Crippen LogP contribution in [0, 0.1) is 0 Å². The van der Waals surface area contributed by atoms with Gasteiger partial charge in [-0.25, -0.2) is 0 Å². The summed E-state index contributed by atoms with van der Waals surface area (Å²) in [7, 11) is 0. The molecule has 15 heavy (non-hydrogen) atoms. The van der Waals surface area contributed by atoms with Gasteiger partial charge in [-0.1, -0.05) is 0 Å². The molecule has 1 radical (unpaired) electrons. The van der Waals surface area contributed by atoms with Crippen molar-refractivity contribution < 1.29 is 75.4 Å². The van der Waals surface area contributed by atoms with Gasteiger partial charge in [0.05, 0.1) is 0 Å². The first kappa shape index (κ1) is 17.0. The van der Waals surface area contributed by atoms with Crippen molar-refractivity contribution in [3.8, 4) is 0 Å². The summed E-state index contributed by atoms with van der Waals surface area (Å²) in [4.78, 5) is 0. The van der Waals surface area contributed by atoms with Crippen molar-refractivity contribution in [1.82, 2.24) is 0 Å². The predicted octanol–water partition coefficient (Wildman–Crippen LogP) is 0.0276. The second-order valence-corrected chi connectivity index (χ2v) is 10.8. The summed E-state index contributed by atoms with van der Waals surface area (Å²) in [6, 6.07) is 0. The standard InChI is InChI=1S/C7H14FO4P.W.Y/c1-4-5(9)6(10)7(8,12-4)3-11-13-2;;/h4-6,9-10,13H,3H2,1-2H3;;/t4-,5-,6-,7+;;/m0../s1. The summed E-state index contributed by atoms with van der Waals surface area (Å²) in [5.74, 6) is -3.20. The molecule has 8 heteroatoms. The van der Waals surface area contributed by atoms with E-state index < -0.39 is 29.9 Å². The van der Waals surface area contributed by atoms with Gasteiger partial charge in [0.1, 0.15) is 0 Å². The van der Waals surface area contributed by atoms with Crippen LogP contribution in [0.2, 0.25) is 0 Å². The molecule has 1 aliphatic heterocycles. The molecular formula is C7H14FO4PWY. The van der Waals surface area contributed by atoms with E-state index in [1.807, 2.05) is 6.66 Å². The third kappa shape index (κ3) is 4.30. The van der Waals surface area contributed by atoms with Crippen molar-refractivity contribution in [1.29, 1.82) is 0 Å². The van der Waals surface area contributed by atoms with Gasteiger partial charge in [0, 0.05) is 32.7 Å². The number of aliphatic hydroxyl groups is 2. The zero-order valence-electron chi connectivity index (χ0n) is 8.51. The van der Waals surface area contributed by atoms with E-state index in [0.29, 0.717) is 0 Å². The van der Waals surface area contributed by atoms with E-state index in [9.17, 15) is 14.6 Å². The summed E-state index contributed by atoms with van der Waals surface area (Å²) in [5, 5.41) is 18.7. The Balaban J connectivity index is 0.00000196. The molecule has 0 bridgehead atoms. The number of hydrogen-bond acceptors (Lipinski definition) is 4. The fourth-order valence-corrected chi connectivity index (χ4v) is 2.31. The normalized spacial score (nSPS) is 42.3. The molecule has 0 aromatic carbocycles. The fourth-order valence-electron chi connectivity index (χ4n) is 1.28. The van der Waals surface area contributed by atoms with Gasteiger partial charge in [0.25, 0.3) is 0 Å². The SMILES string of the molecule is C[C@@H]1O[C@](F)(CO[PH](C)=[W])[C@@H](O)[C@H]1O.[Y]. The minimum absolute atomic E-state index is 0. The van der Waals surface area contributed by atoms with E-state index in [4.69, 9.17) is 9.26 Å². The maximum Gasteiger partial charge on any atom is 0 e. The number of alkyl halides is 1. The Bertz CT molecular complexity index is 247. The average Bonchev–Trinajstić information content (AvgIpc) is 2.28. The van der Waals surface area contributed by atoms with Gasteiger partial charge in [-0.2, -0.15) is 0 Å². The Labute approximate surface area is 124 Å². The molecule has 1 saturated heterocycles. The maximum atomic E-state index is 13.8. The van der Waals surface area contributed by atoms with Crippen molar-refractivity contribution in [2.45, 2.75) is 31.1 Å². The molecule has 2 N–H and O–H groups in total. The first-order valence-electron chi connectivity index (χ1n) is 4.23. The molecule has 1 fully saturated rings. The minimum atomic E-state index is -2.25. The molecule has 1 heterocycles. The van der Waals surface area contributed by atoms with Crippen molar-refractivity contribution in [2.24, 2.45) is 0 Å². The Kier molecular flexibility index (Phi) is 7.70. The first-order chi connectivity index (χ1) is 6.37. The third-order valence-electron chi connectivity index (χ3n) is 2.10. The number of hydrogen-bond donors (Lipinski definition) is 2. The van der Waals surface area contributed by atoms with Crippen molar-refractivity contribution in [3.05, 3.63) is 0 Å². The van der Waals surface area contributed by atoms with Crippen molar-refractivity contribution >= 4 is 5.78 Å². The van der Waals surface area contributed by atoms with Gasteiger partial charge in [0.2, 0.25) is 0 Å². The van der Waals surface area contributed by atoms with Crippen molar-refractivity contribution in [3.63, 3.8) is 0 Å². The molecule has 0 saturated carbocycles. The molecule has 0 aromatic rings. The van der Waals surface area contributed by atoms with Crippen LogP contribution in [0.4, 0.5) is 4.39 Å². The van der Waals surface area contributed by atoms with E-state index in [-0.39, 0.29) is 39.3 Å². The molecule has 1 unspecified atom stereocenters. The molecule has 0 aromatic heterocycles. The summed E-state index contributed by atoms with van der Waals surface area (Å²) in [5.41, 5.74) is 0. The average molecular weight is 485 g/mol. The van der Waals surface area contributed by atoms with Gasteiger partial charge in [-0.15, -0.1) is 0 Å². The molecular weight excluding hydrogens is 471 g/mol. The Morgan fingerprint density at radius 3 is 2.47 bits per heavy atom. The zero-order chi connectivity index (χ0) is 10.9. The third-order valence-corrected chi connectivity index (χ3v) is 3.92. The van der Waals surface area contributed by atoms with Crippen LogP contribution in [0.15, 0.2) is 0 Å². The van der Waals surface area contributed by atoms with Crippen LogP contribution in [0.3, 0.4) is 0 Å². The minimum Gasteiger partial charge on any atom is 0 e. The van der Waals surface area contributed by atoms with E-state index in [0.717, 1.165) is 0 Å². The zero-order valence-corrected chi connectivity index (χ0v) is 15.3. The van der Waals surface area contributed by atoms with Crippen LogP contribution >= 0.6 is 5.78 Å². The van der Waals surface area contributed by atoms with E-state index in [1.165, 1.54) is 25.7 Å². The maximum absolute atomic E-state index is 13.8. The van der Waals surface area contributed by atoms with Crippen LogP contribution in [0.5, 0.6) is 0 Å². The van der Waals surface area contributed by atoms with E-state index >= 15 is 0 Å². The quantitative estimate of drug-likeness (QED) is 0.555. The van der Waals surface area contributed by atoms with Gasteiger partial charge < -0.3 is 0 Å². The van der Waals surface area contributed by atoms with Crippen molar-refractivity contribution in [2.75, 3.05) is 13.3 Å². The van der Waals surface area contributed by atoms with Gasteiger partial charge >= 0.3 is 92.8 Å². The predicted molar refractivity (Wildman–Crippen MR) is 46.6 cm³/mol. The number of ether oxygens (including phenoxy) is 1. The second kappa shape index (κ2) is 6.80. The number of aliphatic hydroxyl groups excluding tert-OH is 2. The second-order valence-electron chi connectivity index (χ2n) is 3.32. The van der Waals surface area contributed by atoms with Crippen LogP contribution in [-0.4, -0.2) is 47.7 Å². The largest absolute Gasteiger partial charge is 0 e. The molecule has 1 aliphatic rings. The molecule has 4 nitrogen and oxygen atoms in total. The smallest absolute Gasteiger partial charge is 0 e. The molecule has 87 valence electrons. The number of rotatable bonds is 3. The monoisotopic (exact) mass is 485 g/mol. The van der Waals surface area contributed by atoms with Crippen LogP contribution in [0.1, 0.15) is 6.92 Å². The molecule has 0 amide bonds. The van der Waals surface area contributed by atoms with E-state index in [2.05, 4.69) is 0 Å². The molecule has 1 rings (SSSR count). The molecule has 0 aliphatic carbocycles. The summed E-state index contributed by atoms with van der Waals surface area (Å²) in [6.45, 7) is 3.11. The Morgan fingerprint density at radius 1 is 1.60 bits per heavy atom. The summed E-state index contributed by atoms with van der Waals surface area (Å²) < 4.78 is 23.9. The van der Waals surface area contributed by atoms with Crippen LogP contribution < -0.4 is 0 Å². The van der Waals surface area contributed by atoms with Crippen LogP contribution in [-0.2, 0) is 60.8 Å².